The molecule has 0 aliphatic heterocycles. The Hall–Kier alpha value is -3.82. The van der Waals surface area contributed by atoms with E-state index in [4.69, 9.17) is 4.52 Å². The molecule has 0 unspecified atom stereocenters. The lowest BCUT2D eigenvalue weighted by atomic mass is 10.1. The SMILES string of the molecule is O=[N+]([O-])c1cc(-c2nc(CCc3c(O)cccc3O)no2)cc(O)c1O. The molecule has 1 aromatic heterocycles. The predicted octanol–water partition coefficient (Wildman–Crippen LogP) is 2.25. The number of aryl methyl sites for hydroxylation is 1. The molecule has 10 nitrogen and oxygen atoms in total. The number of nitro groups is 1. The molecule has 0 atom stereocenters. The first-order valence-corrected chi connectivity index (χ1v) is 7.40. The standard InChI is InChI=1S/C16H13N3O7/c20-11-2-1-3-12(21)9(11)4-5-14-17-16(26-18-14)8-6-10(19(24)25)15(23)13(22)7-8/h1-3,6-7,20-23H,4-5H2. The molecule has 0 bridgehead atoms. The minimum absolute atomic E-state index is 0.0622. The van der Waals surface area contributed by atoms with Crippen LogP contribution in [0.5, 0.6) is 23.0 Å². The highest BCUT2D eigenvalue weighted by Crippen LogP contribution is 2.39. The molecule has 3 rings (SSSR count). The summed E-state index contributed by atoms with van der Waals surface area (Å²) in [5, 5.41) is 53.3. The number of benzene rings is 2. The molecule has 0 aliphatic rings. The van der Waals surface area contributed by atoms with Crippen molar-refractivity contribution in [1.82, 2.24) is 10.1 Å². The largest absolute Gasteiger partial charge is 0.508 e. The van der Waals surface area contributed by atoms with Crippen molar-refractivity contribution in [3.8, 4) is 34.5 Å². The maximum atomic E-state index is 10.9. The fourth-order valence-electron chi connectivity index (χ4n) is 2.40. The van der Waals surface area contributed by atoms with Crippen LogP contribution >= 0.6 is 0 Å². The van der Waals surface area contributed by atoms with Crippen LogP contribution in [0.1, 0.15) is 11.4 Å². The van der Waals surface area contributed by atoms with Gasteiger partial charge in [0.25, 0.3) is 5.89 Å². The van der Waals surface area contributed by atoms with Gasteiger partial charge in [-0.25, -0.2) is 0 Å². The zero-order valence-corrected chi connectivity index (χ0v) is 13.2. The first kappa shape index (κ1) is 17.0. The first-order valence-electron chi connectivity index (χ1n) is 7.40. The Morgan fingerprint density at radius 1 is 1.04 bits per heavy atom. The summed E-state index contributed by atoms with van der Waals surface area (Å²) in [5.41, 5.74) is -0.299. The van der Waals surface area contributed by atoms with Crippen LogP contribution in [0.15, 0.2) is 34.9 Å². The number of phenolic OH excluding ortho intramolecular Hbond substituents is 4. The quantitative estimate of drug-likeness (QED) is 0.304. The molecule has 1 heterocycles. The maximum absolute atomic E-state index is 10.9. The monoisotopic (exact) mass is 359 g/mol. The first-order chi connectivity index (χ1) is 12.4. The number of phenols is 4. The number of nitrogens with zero attached hydrogens (tertiary/aromatic N) is 3. The van der Waals surface area contributed by atoms with Crippen molar-refractivity contribution in [2.75, 3.05) is 0 Å². The average Bonchev–Trinajstić information content (AvgIpc) is 3.05. The van der Waals surface area contributed by atoms with E-state index < -0.39 is 22.1 Å². The Kier molecular flexibility index (Phi) is 4.31. The van der Waals surface area contributed by atoms with Gasteiger partial charge in [0.15, 0.2) is 11.6 Å². The fraction of sp³-hybridized carbons (Fsp3) is 0.125. The minimum atomic E-state index is -0.853. The Bertz CT molecular complexity index is 964. The second kappa shape index (κ2) is 6.59. The fourth-order valence-corrected chi connectivity index (χ4v) is 2.40. The van der Waals surface area contributed by atoms with Gasteiger partial charge in [-0.1, -0.05) is 11.2 Å². The highest BCUT2D eigenvalue weighted by atomic mass is 16.6. The highest BCUT2D eigenvalue weighted by Gasteiger charge is 2.22. The lowest BCUT2D eigenvalue weighted by Crippen LogP contribution is -1.95. The van der Waals surface area contributed by atoms with Gasteiger partial charge in [-0.15, -0.1) is 0 Å². The molecule has 10 heteroatoms. The van der Waals surface area contributed by atoms with Gasteiger partial charge in [-0.3, -0.25) is 10.1 Å². The molecule has 0 aliphatic carbocycles. The molecular formula is C16H13N3O7. The summed E-state index contributed by atoms with van der Waals surface area (Å²) < 4.78 is 5.03. The molecule has 2 aromatic carbocycles. The molecular weight excluding hydrogens is 346 g/mol. The molecule has 3 aromatic rings. The van der Waals surface area contributed by atoms with Gasteiger partial charge >= 0.3 is 5.69 Å². The van der Waals surface area contributed by atoms with E-state index in [2.05, 4.69) is 10.1 Å². The third kappa shape index (κ3) is 3.20. The van der Waals surface area contributed by atoms with Crippen molar-refractivity contribution in [2.45, 2.75) is 12.8 Å². The van der Waals surface area contributed by atoms with Crippen molar-refractivity contribution >= 4 is 5.69 Å². The van der Waals surface area contributed by atoms with E-state index in [1.165, 1.54) is 18.2 Å². The third-order valence-electron chi connectivity index (χ3n) is 3.71. The smallest absolute Gasteiger partial charge is 0.315 e. The summed E-state index contributed by atoms with van der Waals surface area (Å²) >= 11 is 0. The summed E-state index contributed by atoms with van der Waals surface area (Å²) in [6.45, 7) is 0. The van der Waals surface area contributed by atoms with E-state index >= 15 is 0 Å². The minimum Gasteiger partial charge on any atom is -0.508 e. The van der Waals surface area contributed by atoms with Crippen LogP contribution in [0.2, 0.25) is 0 Å². The Morgan fingerprint density at radius 3 is 2.38 bits per heavy atom. The van der Waals surface area contributed by atoms with Crippen LogP contribution in [0, 0.1) is 10.1 Å². The lowest BCUT2D eigenvalue weighted by molar-refractivity contribution is -0.385. The molecule has 26 heavy (non-hydrogen) atoms. The number of rotatable bonds is 5. The topological polar surface area (TPSA) is 163 Å². The van der Waals surface area contributed by atoms with Crippen LogP contribution in [-0.2, 0) is 12.8 Å². The molecule has 0 radical (unpaired) electrons. The zero-order chi connectivity index (χ0) is 18.8. The summed E-state index contributed by atoms with van der Waals surface area (Å²) in [5.74, 6) is -1.51. The molecule has 4 N–H and O–H groups in total. The van der Waals surface area contributed by atoms with Gasteiger partial charge in [0.05, 0.1) is 10.5 Å². The zero-order valence-electron chi connectivity index (χ0n) is 13.2. The van der Waals surface area contributed by atoms with E-state index in [0.717, 1.165) is 12.1 Å². The van der Waals surface area contributed by atoms with E-state index in [0.29, 0.717) is 5.56 Å². The molecule has 0 fully saturated rings. The normalized spacial score (nSPS) is 10.8. The summed E-state index contributed by atoms with van der Waals surface area (Å²) in [7, 11) is 0. The van der Waals surface area contributed by atoms with Crippen LogP contribution in [0.3, 0.4) is 0 Å². The summed E-state index contributed by atoms with van der Waals surface area (Å²) in [4.78, 5) is 14.1. The number of aromatic hydroxyl groups is 4. The predicted molar refractivity (Wildman–Crippen MR) is 86.9 cm³/mol. The van der Waals surface area contributed by atoms with Crippen molar-refractivity contribution < 1.29 is 29.9 Å². The van der Waals surface area contributed by atoms with Crippen molar-refractivity contribution in [2.24, 2.45) is 0 Å². The van der Waals surface area contributed by atoms with Gasteiger partial charge < -0.3 is 24.9 Å². The Balaban J connectivity index is 1.83. The van der Waals surface area contributed by atoms with Gasteiger partial charge in [0.1, 0.15) is 11.5 Å². The van der Waals surface area contributed by atoms with E-state index in [9.17, 15) is 30.5 Å². The molecule has 0 amide bonds. The Labute approximate surface area is 145 Å². The van der Waals surface area contributed by atoms with Crippen molar-refractivity contribution in [1.29, 1.82) is 0 Å². The third-order valence-corrected chi connectivity index (χ3v) is 3.71. The summed E-state index contributed by atoms with van der Waals surface area (Å²) in [6, 6.07) is 6.45. The van der Waals surface area contributed by atoms with Gasteiger partial charge in [0, 0.05) is 18.1 Å². The van der Waals surface area contributed by atoms with Crippen LogP contribution in [-0.4, -0.2) is 35.5 Å². The molecule has 0 spiro atoms. The second-order valence-corrected chi connectivity index (χ2v) is 5.41. The molecule has 0 saturated heterocycles. The summed E-state index contributed by atoms with van der Waals surface area (Å²) in [6.07, 6.45) is 0.458. The van der Waals surface area contributed by atoms with Crippen LogP contribution in [0.25, 0.3) is 11.5 Å². The number of hydrogen-bond donors (Lipinski definition) is 4. The molecule has 0 saturated carbocycles. The maximum Gasteiger partial charge on any atom is 0.315 e. The van der Waals surface area contributed by atoms with Gasteiger partial charge in [0.2, 0.25) is 5.75 Å². The van der Waals surface area contributed by atoms with E-state index in [1.807, 2.05) is 0 Å². The van der Waals surface area contributed by atoms with Crippen molar-refractivity contribution in [3.63, 3.8) is 0 Å². The van der Waals surface area contributed by atoms with E-state index in [1.54, 1.807) is 0 Å². The lowest BCUT2D eigenvalue weighted by Gasteiger charge is -2.04. The number of aromatic nitrogens is 2. The van der Waals surface area contributed by atoms with Gasteiger partial charge in [-0.2, -0.15) is 4.98 Å². The number of hydrogen-bond acceptors (Lipinski definition) is 9. The van der Waals surface area contributed by atoms with Crippen molar-refractivity contribution in [3.05, 3.63) is 51.8 Å². The second-order valence-electron chi connectivity index (χ2n) is 5.41. The van der Waals surface area contributed by atoms with Crippen LogP contribution < -0.4 is 0 Å². The highest BCUT2D eigenvalue weighted by molar-refractivity contribution is 5.67. The van der Waals surface area contributed by atoms with Gasteiger partial charge in [-0.05, 0) is 24.6 Å². The van der Waals surface area contributed by atoms with Crippen LogP contribution in [0.4, 0.5) is 5.69 Å². The van der Waals surface area contributed by atoms with E-state index in [-0.39, 0.29) is 41.6 Å². The number of nitro benzene ring substituents is 1. The molecule has 134 valence electrons. The Morgan fingerprint density at radius 2 is 1.73 bits per heavy atom. The average molecular weight is 359 g/mol.